The summed E-state index contributed by atoms with van der Waals surface area (Å²) in [5.74, 6) is -0.798. The van der Waals surface area contributed by atoms with E-state index in [0.29, 0.717) is 0 Å². The van der Waals surface area contributed by atoms with Crippen LogP contribution in [-0.4, -0.2) is 81.0 Å². The minimum Gasteiger partial charge on any atom is -0.353 e. The molecule has 178 valence electrons. The predicted octanol–water partition coefficient (Wildman–Crippen LogP) is -0.877. The molecule has 0 unspecified atom stereocenters. The summed E-state index contributed by atoms with van der Waals surface area (Å²) in [6.07, 6.45) is 0.996. The molecule has 0 spiro atoms. The van der Waals surface area contributed by atoms with E-state index in [-0.39, 0.29) is 48.1 Å². The van der Waals surface area contributed by atoms with Crippen molar-refractivity contribution in [2.75, 3.05) is 47.6 Å². The van der Waals surface area contributed by atoms with Crippen LogP contribution >= 0.6 is 0 Å². The molecule has 0 amide bonds. The molecule has 1 aromatic heterocycles. The summed E-state index contributed by atoms with van der Waals surface area (Å²) in [6.45, 7) is -0.107. The van der Waals surface area contributed by atoms with Crippen molar-refractivity contribution in [1.29, 1.82) is 0 Å². The Balaban J connectivity index is 2.22. The highest BCUT2D eigenvalue weighted by Crippen LogP contribution is 2.19. The van der Waals surface area contributed by atoms with Gasteiger partial charge in [-0.3, -0.25) is 9.11 Å². The van der Waals surface area contributed by atoms with Crippen LogP contribution < -0.4 is 20.7 Å². The third-order valence-corrected chi connectivity index (χ3v) is 5.74. The molecule has 18 heteroatoms. The van der Waals surface area contributed by atoms with E-state index < -0.39 is 36.0 Å². The average molecular weight is 512 g/mol. The van der Waals surface area contributed by atoms with Crippen LogP contribution in [0.3, 0.4) is 0 Å². The fourth-order valence-corrected chi connectivity index (χ4v) is 3.52. The molecule has 0 atom stereocenters. The minimum absolute atomic E-state index is 0.0157. The molecule has 15 nitrogen and oxygen atoms in total. The summed E-state index contributed by atoms with van der Waals surface area (Å²) >= 11 is 0. The Kier molecular flexibility index (Phi) is 8.26. The van der Waals surface area contributed by atoms with Crippen molar-refractivity contribution >= 4 is 53.8 Å². The van der Waals surface area contributed by atoms with Crippen LogP contribution in [-0.2, 0) is 30.3 Å². The first-order valence-electron chi connectivity index (χ1n) is 8.69. The SMILES string of the molecule is CS(=O)(=O)NCCNc1nc(NCCS(=O)(=O)O)nc(Nc2cccc(S(=O)(=O)O)c2)n1. The van der Waals surface area contributed by atoms with Gasteiger partial charge in [0, 0.05) is 25.3 Å². The molecule has 0 aliphatic heterocycles. The summed E-state index contributed by atoms with van der Waals surface area (Å²) in [4.78, 5) is 11.7. The van der Waals surface area contributed by atoms with Crippen LogP contribution in [0.4, 0.5) is 23.5 Å². The summed E-state index contributed by atoms with van der Waals surface area (Å²) in [5, 5.41) is 8.06. The number of rotatable bonds is 12. The highest BCUT2D eigenvalue weighted by molar-refractivity contribution is 7.88. The maximum Gasteiger partial charge on any atom is 0.294 e. The minimum atomic E-state index is -4.44. The Morgan fingerprint density at radius 2 is 1.44 bits per heavy atom. The molecule has 6 N–H and O–H groups in total. The van der Waals surface area contributed by atoms with E-state index >= 15 is 0 Å². The molecular weight excluding hydrogens is 490 g/mol. The molecule has 32 heavy (non-hydrogen) atoms. The normalized spacial score (nSPS) is 12.3. The number of anilines is 4. The maximum atomic E-state index is 11.3. The monoisotopic (exact) mass is 511 g/mol. The fraction of sp³-hybridized carbons (Fsp3) is 0.357. The summed E-state index contributed by atoms with van der Waals surface area (Å²) in [7, 11) is -12.1. The molecule has 0 radical (unpaired) electrons. The lowest BCUT2D eigenvalue weighted by Crippen LogP contribution is -2.28. The Labute approximate surface area is 184 Å². The lowest BCUT2D eigenvalue weighted by Gasteiger charge is -2.11. The van der Waals surface area contributed by atoms with Crippen LogP contribution in [0.1, 0.15) is 0 Å². The van der Waals surface area contributed by atoms with Gasteiger partial charge in [-0.1, -0.05) is 6.07 Å². The number of nitrogens with one attached hydrogen (secondary N) is 4. The molecule has 0 aliphatic rings. The highest BCUT2D eigenvalue weighted by Gasteiger charge is 2.12. The standard InChI is InChI=1S/C14H21N7O8S3/c1-30(22,23)17-6-5-15-12-19-13(16-7-8-31(24,25)26)21-14(20-12)18-10-3-2-4-11(9-10)32(27,28)29/h2-4,9,17H,5-8H2,1H3,(H,24,25,26)(H,27,28,29)(H3,15,16,18,19,20,21). The highest BCUT2D eigenvalue weighted by atomic mass is 32.2. The third-order valence-electron chi connectivity index (χ3n) is 3.44. The number of hydrogen-bond acceptors (Lipinski definition) is 12. The quantitative estimate of drug-likeness (QED) is 0.150. The molecule has 0 saturated heterocycles. The number of nitrogens with zero attached hydrogens (tertiary/aromatic N) is 3. The zero-order chi connectivity index (χ0) is 24.0. The number of sulfonamides is 1. The van der Waals surface area contributed by atoms with Crippen LogP contribution in [0.25, 0.3) is 0 Å². The molecule has 0 saturated carbocycles. The van der Waals surface area contributed by atoms with Crippen LogP contribution in [0.2, 0.25) is 0 Å². The van der Waals surface area contributed by atoms with Crippen LogP contribution in [0, 0.1) is 0 Å². The Morgan fingerprint density at radius 3 is 2.00 bits per heavy atom. The van der Waals surface area contributed by atoms with Gasteiger partial charge in [0.05, 0.1) is 16.9 Å². The topological polar surface area (TPSA) is 230 Å². The van der Waals surface area contributed by atoms with Crippen molar-refractivity contribution in [2.45, 2.75) is 4.90 Å². The van der Waals surface area contributed by atoms with Crippen molar-refractivity contribution in [1.82, 2.24) is 19.7 Å². The number of hydrogen-bond donors (Lipinski definition) is 6. The smallest absolute Gasteiger partial charge is 0.294 e. The van der Waals surface area contributed by atoms with Gasteiger partial charge < -0.3 is 16.0 Å². The van der Waals surface area contributed by atoms with Crippen molar-refractivity contribution in [3.8, 4) is 0 Å². The summed E-state index contributed by atoms with van der Waals surface area (Å²) < 4.78 is 86.9. The van der Waals surface area contributed by atoms with Crippen LogP contribution in [0.15, 0.2) is 29.2 Å². The van der Waals surface area contributed by atoms with Crippen LogP contribution in [0.5, 0.6) is 0 Å². The second-order valence-corrected chi connectivity index (χ2v) is 11.1. The van der Waals surface area contributed by atoms with E-state index in [0.717, 1.165) is 12.3 Å². The fourth-order valence-electron chi connectivity index (χ4n) is 2.16. The molecule has 2 aromatic rings. The van der Waals surface area contributed by atoms with Gasteiger partial charge in [0.1, 0.15) is 0 Å². The third kappa shape index (κ3) is 9.66. The van der Waals surface area contributed by atoms with E-state index in [1.807, 2.05) is 0 Å². The first kappa shape index (κ1) is 25.6. The van der Waals surface area contributed by atoms with Gasteiger partial charge in [0.15, 0.2) is 0 Å². The second kappa shape index (κ2) is 10.3. The summed E-state index contributed by atoms with van der Waals surface area (Å²) in [5.41, 5.74) is 0.208. The lowest BCUT2D eigenvalue weighted by atomic mass is 10.3. The molecule has 0 bridgehead atoms. The second-order valence-electron chi connectivity index (χ2n) is 6.24. The van der Waals surface area contributed by atoms with Gasteiger partial charge in [-0.05, 0) is 18.2 Å². The van der Waals surface area contributed by atoms with Gasteiger partial charge in [0.25, 0.3) is 20.2 Å². The molecule has 2 rings (SSSR count). The molecule has 1 aromatic carbocycles. The lowest BCUT2D eigenvalue weighted by molar-refractivity contribution is 0.481. The Morgan fingerprint density at radius 1 is 0.844 bits per heavy atom. The first-order chi connectivity index (χ1) is 14.7. The van der Waals surface area contributed by atoms with E-state index in [4.69, 9.17) is 4.55 Å². The van der Waals surface area contributed by atoms with Gasteiger partial charge in [-0.15, -0.1) is 0 Å². The van der Waals surface area contributed by atoms with Crippen molar-refractivity contribution in [3.05, 3.63) is 24.3 Å². The first-order valence-corrected chi connectivity index (χ1v) is 13.6. The van der Waals surface area contributed by atoms with Crippen molar-refractivity contribution in [2.24, 2.45) is 0 Å². The zero-order valence-corrected chi connectivity index (χ0v) is 19.0. The molecule has 0 fully saturated rings. The van der Waals surface area contributed by atoms with Gasteiger partial charge >= 0.3 is 0 Å². The zero-order valence-electron chi connectivity index (χ0n) is 16.5. The Bertz CT molecular complexity index is 1270. The Hall–Kier alpha value is -2.64. The average Bonchev–Trinajstić information content (AvgIpc) is 2.63. The maximum absolute atomic E-state index is 11.3. The number of aromatic nitrogens is 3. The van der Waals surface area contributed by atoms with E-state index in [1.165, 1.54) is 18.2 Å². The summed E-state index contributed by atoms with van der Waals surface area (Å²) in [6, 6.07) is 5.16. The predicted molar refractivity (Wildman–Crippen MR) is 116 cm³/mol. The van der Waals surface area contributed by atoms with Crippen molar-refractivity contribution < 1.29 is 34.4 Å². The van der Waals surface area contributed by atoms with E-state index in [2.05, 4.69) is 35.6 Å². The van der Waals surface area contributed by atoms with Crippen molar-refractivity contribution in [3.63, 3.8) is 0 Å². The van der Waals surface area contributed by atoms with Gasteiger partial charge in [-0.25, -0.2) is 13.1 Å². The van der Waals surface area contributed by atoms with E-state index in [9.17, 15) is 29.8 Å². The van der Waals surface area contributed by atoms with Gasteiger partial charge in [0.2, 0.25) is 27.9 Å². The molecule has 1 heterocycles. The molecular formula is C14H21N7O8S3. The largest absolute Gasteiger partial charge is 0.353 e. The van der Waals surface area contributed by atoms with Gasteiger partial charge in [-0.2, -0.15) is 31.8 Å². The molecule has 0 aliphatic carbocycles. The number of benzene rings is 1. The van der Waals surface area contributed by atoms with E-state index in [1.54, 1.807) is 0 Å².